The van der Waals surface area contributed by atoms with Gasteiger partial charge in [-0.3, -0.25) is 4.79 Å². The average Bonchev–Trinajstić information content (AvgIpc) is 2.94. The molecule has 0 atom stereocenters. The maximum Gasteiger partial charge on any atom is 0.262 e. The van der Waals surface area contributed by atoms with Crippen LogP contribution in [0.1, 0.15) is 35.3 Å². The number of rotatable bonds is 3. The van der Waals surface area contributed by atoms with Crippen molar-refractivity contribution in [3.8, 4) is 16.9 Å². The molecule has 0 saturated carbocycles. The molecule has 1 aliphatic rings. The van der Waals surface area contributed by atoms with Crippen molar-refractivity contribution in [2.75, 3.05) is 5.32 Å². The smallest absolute Gasteiger partial charge is 0.262 e. The minimum absolute atomic E-state index is 0.213. The van der Waals surface area contributed by atoms with E-state index in [1.54, 1.807) is 12.3 Å². The number of carbonyl (C=O) groups excluding carboxylic acids is 1. The second-order valence-electron chi connectivity index (χ2n) is 7.80. The second kappa shape index (κ2) is 6.95. The van der Waals surface area contributed by atoms with Crippen LogP contribution in [0, 0.1) is 18.6 Å². The zero-order valence-corrected chi connectivity index (χ0v) is 16.3. The molecule has 1 amide bonds. The van der Waals surface area contributed by atoms with E-state index in [0.29, 0.717) is 0 Å². The summed E-state index contributed by atoms with van der Waals surface area (Å²) in [6.07, 6.45) is 2.45. The van der Waals surface area contributed by atoms with Crippen molar-refractivity contribution in [2.24, 2.45) is 0 Å². The molecule has 6 heteroatoms. The molecule has 0 saturated heterocycles. The first kappa shape index (κ1) is 19.1. The Morgan fingerprint density at radius 1 is 1.14 bits per heavy atom. The fraction of sp³-hybridized carbons (Fsp3) is 0.217. The van der Waals surface area contributed by atoms with E-state index in [1.165, 1.54) is 6.07 Å². The monoisotopic (exact) mass is 394 g/mol. The van der Waals surface area contributed by atoms with Crippen molar-refractivity contribution < 1.29 is 18.3 Å². The summed E-state index contributed by atoms with van der Waals surface area (Å²) in [6.45, 7) is 6.11. The number of hydrogen-bond donors (Lipinski definition) is 1. The van der Waals surface area contributed by atoms with E-state index in [9.17, 15) is 13.6 Å². The molecule has 0 spiro atoms. The number of carbonyl (C=O) groups is 1. The van der Waals surface area contributed by atoms with Gasteiger partial charge in [-0.25, -0.2) is 13.8 Å². The SMILES string of the molecule is Cc1cc2c(cc1-c1ccc(NC(=O)c3c(F)cccc3F)nc1)CC(C)(C)O2. The Balaban J connectivity index is 1.57. The Labute approximate surface area is 167 Å². The van der Waals surface area contributed by atoms with Crippen LogP contribution < -0.4 is 10.1 Å². The van der Waals surface area contributed by atoms with E-state index >= 15 is 0 Å². The first-order chi connectivity index (χ1) is 13.7. The van der Waals surface area contributed by atoms with Gasteiger partial charge in [0.2, 0.25) is 0 Å². The molecule has 0 unspecified atom stereocenters. The molecule has 1 N–H and O–H groups in total. The van der Waals surface area contributed by atoms with Crippen LogP contribution in [-0.2, 0) is 6.42 Å². The van der Waals surface area contributed by atoms with Crippen LogP contribution in [0.3, 0.4) is 0 Å². The maximum absolute atomic E-state index is 13.8. The molecule has 0 fully saturated rings. The number of fused-ring (bicyclic) bond motifs is 1. The van der Waals surface area contributed by atoms with Crippen molar-refractivity contribution in [1.82, 2.24) is 4.98 Å². The fourth-order valence-corrected chi connectivity index (χ4v) is 3.58. The Morgan fingerprint density at radius 3 is 2.52 bits per heavy atom. The van der Waals surface area contributed by atoms with Gasteiger partial charge in [0.25, 0.3) is 5.91 Å². The number of benzene rings is 2. The standard InChI is InChI=1S/C23H20F2N2O2/c1-13-9-19-15(11-23(2,3)29-19)10-16(13)14-7-8-20(26-12-14)27-22(28)21-17(24)5-4-6-18(21)25/h4-10,12H,11H2,1-3H3,(H,26,27,28). The van der Waals surface area contributed by atoms with Gasteiger partial charge >= 0.3 is 0 Å². The van der Waals surface area contributed by atoms with Gasteiger partial charge in [0.1, 0.15) is 34.4 Å². The lowest BCUT2D eigenvalue weighted by Crippen LogP contribution is -2.24. The highest BCUT2D eigenvalue weighted by atomic mass is 19.1. The van der Waals surface area contributed by atoms with Crippen molar-refractivity contribution >= 4 is 11.7 Å². The average molecular weight is 394 g/mol. The summed E-state index contributed by atoms with van der Waals surface area (Å²) < 4.78 is 33.5. The minimum Gasteiger partial charge on any atom is -0.487 e. The number of hydrogen-bond acceptors (Lipinski definition) is 3. The number of ether oxygens (including phenoxy) is 1. The molecule has 0 aliphatic carbocycles. The molecule has 0 radical (unpaired) electrons. The molecule has 1 aliphatic heterocycles. The first-order valence-corrected chi connectivity index (χ1v) is 9.28. The largest absolute Gasteiger partial charge is 0.487 e. The van der Waals surface area contributed by atoms with Crippen LogP contribution in [0.25, 0.3) is 11.1 Å². The Bertz CT molecular complexity index is 1090. The maximum atomic E-state index is 13.8. The number of pyridine rings is 1. The van der Waals surface area contributed by atoms with Crippen LogP contribution in [0.4, 0.5) is 14.6 Å². The molecule has 4 nitrogen and oxygen atoms in total. The molecule has 2 aromatic carbocycles. The van der Waals surface area contributed by atoms with Gasteiger partial charge in [-0.05, 0) is 73.9 Å². The Kier molecular flexibility index (Phi) is 4.57. The van der Waals surface area contributed by atoms with Crippen LogP contribution in [-0.4, -0.2) is 16.5 Å². The molecular weight excluding hydrogens is 374 g/mol. The van der Waals surface area contributed by atoms with Crippen LogP contribution in [0.5, 0.6) is 5.75 Å². The van der Waals surface area contributed by atoms with Gasteiger partial charge in [0.15, 0.2) is 0 Å². The zero-order valence-electron chi connectivity index (χ0n) is 16.3. The van der Waals surface area contributed by atoms with Gasteiger partial charge in [-0.1, -0.05) is 6.07 Å². The molecule has 1 aromatic heterocycles. The second-order valence-corrected chi connectivity index (χ2v) is 7.80. The van der Waals surface area contributed by atoms with Crippen molar-refractivity contribution in [3.05, 3.63) is 77.0 Å². The summed E-state index contributed by atoms with van der Waals surface area (Å²) in [7, 11) is 0. The predicted molar refractivity (Wildman–Crippen MR) is 107 cm³/mol. The number of amides is 1. The van der Waals surface area contributed by atoms with Crippen molar-refractivity contribution in [1.29, 1.82) is 0 Å². The van der Waals surface area contributed by atoms with Gasteiger partial charge < -0.3 is 10.1 Å². The number of aromatic nitrogens is 1. The summed E-state index contributed by atoms with van der Waals surface area (Å²) in [4.78, 5) is 16.4. The summed E-state index contributed by atoms with van der Waals surface area (Å²) in [5, 5.41) is 2.44. The van der Waals surface area contributed by atoms with Gasteiger partial charge in [-0.15, -0.1) is 0 Å². The third-order valence-corrected chi connectivity index (χ3v) is 4.92. The normalized spacial score (nSPS) is 14.2. The topological polar surface area (TPSA) is 51.2 Å². The van der Waals surface area contributed by atoms with Crippen molar-refractivity contribution in [3.63, 3.8) is 0 Å². The molecule has 2 heterocycles. The zero-order chi connectivity index (χ0) is 20.8. The number of aryl methyl sites for hydroxylation is 1. The van der Waals surface area contributed by atoms with Crippen LogP contribution in [0.2, 0.25) is 0 Å². The molecular formula is C23H20F2N2O2. The van der Waals surface area contributed by atoms with E-state index in [1.807, 2.05) is 19.1 Å². The summed E-state index contributed by atoms with van der Waals surface area (Å²) in [6, 6.07) is 10.8. The Hall–Kier alpha value is -3.28. The lowest BCUT2D eigenvalue weighted by atomic mass is 9.95. The molecule has 0 bridgehead atoms. The van der Waals surface area contributed by atoms with Gasteiger partial charge in [0.05, 0.1) is 0 Å². The quantitative estimate of drug-likeness (QED) is 0.656. The predicted octanol–water partition coefficient (Wildman–Crippen LogP) is 5.30. The molecule has 148 valence electrons. The highest BCUT2D eigenvalue weighted by Gasteiger charge is 2.30. The number of nitrogens with zero attached hydrogens (tertiary/aromatic N) is 1. The van der Waals surface area contributed by atoms with E-state index in [0.717, 1.165) is 46.6 Å². The minimum atomic E-state index is -0.918. The summed E-state index contributed by atoms with van der Waals surface area (Å²) in [5.74, 6) is -1.60. The lowest BCUT2D eigenvalue weighted by molar-refractivity contribution is 0.101. The molecule has 4 rings (SSSR count). The number of anilines is 1. The number of nitrogens with one attached hydrogen (secondary N) is 1. The van der Waals surface area contributed by atoms with Crippen LogP contribution in [0.15, 0.2) is 48.7 Å². The van der Waals surface area contributed by atoms with E-state index in [2.05, 4.69) is 30.2 Å². The summed E-state index contributed by atoms with van der Waals surface area (Å²) >= 11 is 0. The summed E-state index contributed by atoms with van der Waals surface area (Å²) in [5.41, 5.74) is 3.24. The molecule has 3 aromatic rings. The van der Waals surface area contributed by atoms with Gasteiger partial charge in [-0.2, -0.15) is 0 Å². The Morgan fingerprint density at radius 2 is 1.86 bits per heavy atom. The molecule has 29 heavy (non-hydrogen) atoms. The number of halogens is 2. The third-order valence-electron chi connectivity index (χ3n) is 4.92. The first-order valence-electron chi connectivity index (χ1n) is 9.28. The highest BCUT2D eigenvalue weighted by molar-refractivity contribution is 6.04. The van der Waals surface area contributed by atoms with Crippen molar-refractivity contribution in [2.45, 2.75) is 32.8 Å². The van der Waals surface area contributed by atoms with E-state index < -0.39 is 23.1 Å². The van der Waals surface area contributed by atoms with Crippen LogP contribution >= 0.6 is 0 Å². The van der Waals surface area contributed by atoms with E-state index in [-0.39, 0.29) is 11.4 Å². The third kappa shape index (κ3) is 3.70. The highest BCUT2D eigenvalue weighted by Crippen LogP contribution is 2.39. The fourth-order valence-electron chi connectivity index (χ4n) is 3.58. The van der Waals surface area contributed by atoms with E-state index in [4.69, 9.17) is 4.74 Å². The van der Waals surface area contributed by atoms with Gasteiger partial charge in [0, 0.05) is 18.2 Å². The lowest BCUT2D eigenvalue weighted by Gasteiger charge is -2.16.